The fourth-order valence-corrected chi connectivity index (χ4v) is 3.05. The zero-order valence-corrected chi connectivity index (χ0v) is 13.6. The van der Waals surface area contributed by atoms with Crippen molar-refractivity contribution in [3.63, 3.8) is 0 Å². The summed E-state index contributed by atoms with van der Waals surface area (Å²) in [7, 11) is 0. The molecule has 1 aromatic heterocycles. The van der Waals surface area contributed by atoms with Gasteiger partial charge < -0.3 is 9.55 Å². The van der Waals surface area contributed by atoms with E-state index >= 15 is 0 Å². The summed E-state index contributed by atoms with van der Waals surface area (Å²) in [6, 6.07) is 3.33. The Morgan fingerprint density at radius 3 is 2.65 bits per heavy atom. The van der Waals surface area contributed by atoms with E-state index in [4.69, 9.17) is 23.8 Å². The summed E-state index contributed by atoms with van der Waals surface area (Å²) in [5.41, 5.74) is 1.58. The van der Waals surface area contributed by atoms with Crippen molar-refractivity contribution in [2.75, 3.05) is 0 Å². The molecule has 0 aliphatic heterocycles. The van der Waals surface area contributed by atoms with Crippen LogP contribution in [0, 0.1) is 16.5 Å². The van der Waals surface area contributed by atoms with Crippen molar-refractivity contribution in [3.8, 4) is 0 Å². The van der Waals surface area contributed by atoms with Crippen molar-refractivity contribution in [1.82, 2.24) is 9.55 Å². The number of hydrogen-bond acceptors (Lipinski definition) is 1. The number of imidazole rings is 1. The minimum absolute atomic E-state index is 0.134. The number of aromatic nitrogens is 2. The number of nitrogens with zero attached hydrogens (tertiary/aromatic N) is 1. The van der Waals surface area contributed by atoms with Crippen LogP contribution in [0.15, 0.2) is 12.1 Å². The summed E-state index contributed by atoms with van der Waals surface area (Å²) in [6.45, 7) is 6.59. The van der Waals surface area contributed by atoms with Crippen LogP contribution in [-0.4, -0.2) is 9.55 Å². The van der Waals surface area contributed by atoms with E-state index in [9.17, 15) is 4.39 Å². The van der Waals surface area contributed by atoms with E-state index in [1.165, 1.54) is 12.5 Å². The van der Waals surface area contributed by atoms with Gasteiger partial charge in [-0.15, -0.1) is 0 Å². The minimum atomic E-state index is -0.421. The van der Waals surface area contributed by atoms with Crippen LogP contribution in [0.25, 0.3) is 11.0 Å². The van der Waals surface area contributed by atoms with Gasteiger partial charge in [-0.25, -0.2) is 4.39 Å². The lowest BCUT2D eigenvalue weighted by molar-refractivity contribution is 0.451. The van der Waals surface area contributed by atoms with Crippen LogP contribution in [0.5, 0.6) is 0 Å². The number of H-pyrrole nitrogens is 1. The molecule has 1 atom stereocenters. The van der Waals surface area contributed by atoms with Gasteiger partial charge in [0.05, 0.1) is 16.1 Å². The zero-order valence-electron chi connectivity index (χ0n) is 12.0. The molecule has 2 aromatic rings. The third kappa shape index (κ3) is 3.23. The molecule has 2 nitrogen and oxygen atoms in total. The number of halogens is 2. The lowest BCUT2D eigenvalue weighted by atomic mass is 10.0. The molecule has 2 rings (SSSR count). The number of nitrogens with one attached hydrogen (secondary N) is 1. The molecule has 0 aliphatic rings. The largest absolute Gasteiger partial charge is 0.330 e. The van der Waals surface area contributed by atoms with Crippen LogP contribution in [0.2, 0.25) is 5.02 Å². The molecule has 0 amide bonds. The monoisotopic (exact) mass is 314 g/mol. The fourth-order valence-electron chi connectivity index (χ4n) is 2.51. The molecule has 110 valence electrons. The molecule has 20 heavy (non-hydrogen) atoms. The first-order chi connectivity index (χ1) is 9.40. The molecule has 1 aromatic carbocycles. The smallest absolute Gasteiger partial charge is 0.178 e. The molecule has 0 saturated carbocycles. The summed E-state index contributed by atoms with van der Waals surface area (Å²) >= 11 is 11.2. The number of benzene rings is 1. The van der Waals surface area contributed by atoms with Crippen molar-refractivity contribution in [2.24, 2.45) is 5.92 Å². The summed E-state index contributed by atoms with van der Waals surface area (Å²) in [4.78, 5) is 3.05. The third-order valence-electron chi connectivity index (χ3n) is 3.60. The molecule has 0 saturated heterocycles. The Bertz CT molecular complexity index is 660. The molecular weight excluding hydrogens is 295 g/mol. The van der Waals surface area contributed by atoms with E-state index in [1.807, 2.05) is 4.57 Å². The summed E-state index contributed by atoms with van der Waals surface area (Å²) in [6.07, 6.45) is 3.41. The number of hydrogen-bond donors (Lipinski definition) is 1. The van der Waals surface area contributed by atoms with Gasteiger partial charge in [0.2, 0.25) is 0 Å². The fraction of sp³-hybridized carbons (Fsp3) is 0.533. The van der Waals surface area contributed by atoms with Gasteiger partial charge in [0, 0.05) is 12.1 Å². The second kappa shape index (κ2) is 6.27. The normalized spacial score (nSPS) is 13.3. The highest BCUT2D eigenvalue weighted by molar-refractivity contribution is 7.71. The lowest BCUT2D eigenvalue weighted by Gasteiger charge is -2.15. The van der Waals surface area contributed by atoms with Gasteiger partial charge in [0.25, 0.3) is 0 Å². The molecule has 5 heteroatoms. The van der Waals surface area contributed by atoms with E-state index in [1.54, 1.807) is 6.07 Å². The maximum Gasteiger partial charge on any atom is 0.178 e. The predicted octanol–water partition coefficient (Wildman–Crippen LogP) is 5.88. The van der Waals surface area contributed by atoms with Crippen molar-refractivity contribution < 1.29 is 4.39 Å². The standard InChI is InChI=1S/C15H20ClFN2S/c1-9(2)5-4-6-10(3)19-14-7-11(16)12(17)8-13(14)18-15(19)20/h7-10H,4-6H2,1-3H3,(H,18,20). The molecule has 1 heterocycles. The zero-order chi connectivity index (χ0) is 14.9. The number of aromatic amines is 1. The van der Waals surface area contributed by atoms with Crippen LogP contribution in [0.3, 0.4) is 0 Å². The molecule has 0 aliphatic carbocycles. The van der Waals surface area contributed by atoms with Crippen molar-refractivity contribution in [1.29, 1.82) is 0 Å². The second-order valence-electron chi connectivity index (χ2n) is 5.76. The van der Waals surface area contributed by atoms with Crippen LogP contribution in [0.1, 0.15) is 46.1 Å². The Morgan fingerprint density at radius 1 is 1.30 bits per heavy atom. The SMILES string of the molecule is CC(C)CCCC(C)n1c(=S)[nH]c2cc(F)c(Cl)cc21. The minimum Gasteiger partial charge on any atom is -0.330 e. The first-order valence-electron chi connectivity index (χ1n) is 6.99. The van der Waals surface area contributed by atoms with Crippen molar-refractivity contribution in [2.45, 2.75) is 46.1 Å². The molecule has 0 fully saturated rings. The first-order valence-corrected chi connectivity index (χ1v) is 7.78. The van der Waals surface area contributed by atoms with Crippen LogP contribution < -0.4 is 0 Å². The topological polar surface area (TPSA) is 20.7 Å². The predicted molar refractivity (Wildman–Crippen MR) is 85.5 cm³/mol. The van der Waals surface area contributed by atoms with Gasteiger partial charge in [-0.1, -0.05) is 38.3 Å². The molecule has 1 N–H and O–H groups in total. The van der Waals surface area contributed by atoms with Crippen molar-refractivity contribution >= 4 is 34.9 Å². The van der Waals surface area contributed by atoms with E-state index in [0.717, 1.165) is 18.4 Å². The van der Waals surface area contributed by atoms with Gasteiger partial charge in [-0.05, 0) is 37.5 Å². The maximum atomic E-state index is 13.5. The van der Waals surface area contributed by atoms with Crippen LogP contribution in [0.4, 0.5) is 4.39 Å². The molecular formula is C15H20ClFN2S. The Hall–Kier alpha value is -0.870. The summed E-state index contributed by atoms with van der Waals surface area (Å²) in [5.74, 6) is 0.289. The lowest BCUT2D eigenvalue weighted by Crippen LogP contribution is -2.05. The van der Waals surface area contributed by atoms with Crippen molar-refractivity contribution in [3.05, 3.63) is 27.7 Å². The average molecular weight is 315 g/mol. The van der Waals surface area contributed by atoms with E-state index in [2.05, 4.69) is 25.8 Å². The Balaban J connectivity index is 2.31. The highest BCUT2D eigenvalue weighted by Gasteiger charge is 2.13. The number of rotatable bonds is 5. The molecule has 0 bridgehead atoms. The molecule has 0 spiro atoms. The first kappa shape index (κ1) is 15.5. The maximum absolute atomic E-state index is 13.5. The quantitative estimate of drug-likeness (QED) is 0.683. The molecule has 0 radical (unpaired) electrons. The van der Waals surface area contributed by atoms with Gasteiger partial charge in [0.15, 0.2) is 4.77 Å². The highest BCUT2D eigenvalue weighted by atomic mass is 35.5. The van der Waals surface area contributed by atoms with E-state index in [0.29, 0.717) is 16.2 Å². The van der Waals surface area contributed by atoms with Gasteiger partial charge in [-0.3, -0.25) is 0 Å². The second-order valence-corrected chi connectivity index (χ2v) is 6.55. The summed E-state index contributed by atoms with van der Waals surface area (Å²) < 4.78 is 16.1. The van der Waals surface area contributed by atoms with Gasteiger partial charge >= 0.3 is 0 Å². The Kier molecular flexibility index (Phi) is 4.86. The Labute approximate surface area is 128 Å². The third-order valence-corrected chi connectivity index (χ3v) is 4.19. The Morgan fingerprint density at radius 2 is 2.00 bits per heavy atom. The highest BCUT2D eigenvalue weighted by Crippen LogP contribution is 2.27. The van der Waals surface area contributed by atoms with E-state index < -0.39 is 5.82 Å². The summed E-state index contributed by atoms with van der Waals surface area (Å²) in [5, 5.41) is 0.134. The van der Waals surface area contributed by atoms with Gasteiger partial charge in [-0.2, -0.15) is 0 Å². The van der Waals surface area contributed by atoms with Crippen LogP contribution in [-0.2, 0) is 0 Å². The van der Waals surface area contributed by atoms with E-state index in [-0.39, 0.29) is 11.1 Å². The molecule has 1 unspecified atom stereocenters. The number of fused-ring (bicyclic) bond motifs is 1. The average Bonchev–Trinajstić information content (AvgIpc) is 2.64. The van der Waals surface area contributed by atoms with Crippen LogP contribution >= 0.6 is 23.8 Å². The van der Waals surface area contributed by atoms with Gasteiger partial charge in [0.1, 0.15) is 5.82 Å².